The van der Waals surface area contributed by atoms with Crippen molar-refractivity contribution in [3.05, 3.63) is 23.8 Å². The van der Waals surface area contributed by atoms with Crippen LogP contribution in [-0.4, -0.2) is 12.2 Å². The smallest absolute Gasteiger partial charge is 0.231 e. The largest absolute Gasteiger partial charge is 0.454 e. The summed E-state index contributed by atoms with van der Waals surface area (Å²) in [6, 6.07) is 5.87. The number of hydrogen-bond donors (Lipinski definition) is 0. The first-order valence-corrected chi connectivity index (χ1v) is 4.19. The van der Waals surface area contributed by atoms with E-state index in [0.29, 0.717) is 6.79 Å². The fraction of sp³-hybridized carbons (Fsp3) is 0.222. The van der Waals surface area contributed by atoms with E-state index in [0.717, 1.165) is 23.5 Å². The summed E-state index contributed by atoms with van der Waals surface area (Å²) in [6.45, 7) is 0.330. The molecule has 1 aliphatic heterocycles. The number of ether oxygens (including phenoxy) is 2. The molecule has 0 saturated carbocycles. The van der Waals surface area contributed by atoms with Crippen molar-refractivity contribution in [3.8, 4) is 11.5 Å². The maximum Gasteiger partial charge on any atom is 0.231 e. The fourth-order valence-electron chi connectivity index (χ4n) is 1.16. The Morgan fingerprint density at radius 1 is 1.33 bits per heavy atom. The quantitative estimate of drug-likeness (QED) is 0.648. The van der Waals surface area contributed by atoms with Gasteiger partial charge >= 0.3 is 0 Å². The predicted molar refractivity (Wildman–Crippen MR) is 49.9 cm³/mol. The molecular formula is C9H8O2S. The molecule has 0 saturated heterocycles. The van der Waals surface area contributed by atoms with Crippen LogP contribution < -0.4 is 9.47 Å². The zero-order valence-electron chi connectivity index (χ0n) is 6.45. The Bertz CT molecular complexity index is 309. The lowest BCUT2D eigenvalue weighted by atomic mass is 10.1. The van der Waals surface area contributed by atoms with Crippen molar-refractivity contribution in [2.45, 2.75) is 6.42 Å². The summed E-state index contributed by atoms with van der Waals surface area (Å²) in [4.78, 5) is 0. The van der Waals surface area contributed by atoms with E-state index in [-0.39, 0.29) is 0 Å². The molecular weight excluding hydrogens is 172 g/mol. The van der Waals surface area contributed by atoms with E-state index in [1.54, 1.807) is 5.37 Å². The van der Waals surface area contributed by atoms with E-state index in [1.165, 1.54) is 0 Å². The standard InChI is InChI=1S/C9H8O2S/c12-4-3-7-1-2-8-9(5-7)11-6-10-8/h1-2,4-5H,3,6H2. The first-order chi connectivity index (χ1) is 5.90. The molecule has 0 fully saturated rings. The number of hydrogen-bond acceptors (Lipinski definition) is 3. The van der Waals surface area contributed by atoms with Gasteiger partial charge < -0.3 is 9.47 Å². The van der Waals surface area contributed by atoms with Crippen molar-refractivity contribution in [3.63, 3.8) is 0 Å². The minimum Gasteiger partial charge on any atom is -0.454 e. The van der Waals surface area contributed by atoms with Crippen LogP contribution in [0.3, 0.4) is 0 Å². The summed E-state index contributed by atoms with van der Waals surface area (Å²) in [5.74, 6) is 1.65. The summed E-state index contributed by atoms with van der Waals surface area (Å²) in [6.07, 6.45) is 0.798. The third kappa shape index (κ3) is 1.28. The molecule has 1 aliphatic rings. The lowest BCUT2D eigenvalue weighted by Crippen LogP contribution is -1.92. The number of benzene rings is 1. The van der Waals surface area contributed by atoms with Crippen LogP contribution in [-0.2, 0) is 6.42 Å². The molecule has 0 aliphatic carbocycles. The predicted octanol–water partition coefficient (Wildman–Crippen LogP) is 1.96. The maximum absolute atomic E-state index is 5.22. The second-order valence-corrected chi connectivity index (χ2v) is 2.89. The molecule has 0 radical (unpaired) electrons. The van der Waals surface area contributed by atoms with Gasteiger partial charge in [0.1, 0.15) is 0 Å². The Morgan fingerprint density at radius 3 is 3.00 bits per heavy atom. The minimum atomic E-state index is 0.330. The van der Waals surface area contributed by atoms with Gasteiger partial charge in [-0.05, 0) is 23.1 Å². The molecule has 2 rings (SSSR count). The van der Waals surface area contributed by atoms with Gasteiger partial charge in [0.25, 0.3) is 0 Å². The van der Waals surface area contributed by atoms with Gasteiger partial charge in [0, 0.05) is 6.42 Å². The second-order valence-electron chi connectivity index (χ2n) is 2.56. The van der Waals surface area contributed by atoms with Crippen LogP contribution in [0.25, 0.3) is 0 Å². The normalized spacial score (nSPS) is 13.0. The van der Waals surface area contributed by atoms with Crippen LogP contribution in [0, 0.1) is 0 Å². The van der Waals surface area contributed by atoms with E-state index in [4.69, 9.17) is 21.7 Å². The number of fused-ring (bicyclic) bond motifs is 1. The van der Waals surface area contributed by atoms with Crippen molar-refractivity contribution in [1.29, 1.82) is 0 Å². The zero-order valence-corrected chi connectivity index (χ0v) is 7.26. The van der Waals surface area contributed by atoms with E-state index in [9.17, 15) is 0 Å². The third-order valence-corrected chi connectivity index (χ3v) is 1.92. The topological polar surface area (TPSA) is 18.5 Å². The Balaban J connectivity index is 2.32. The molecule has 0 aromatic heterocycles. The molecule has 0 amide bonds. The molecule has 3 heteroatoms. The maximum atomic E-state index is 5.22. The van der Waals surface area contributed by atoms with Crippen molar-refractivity contribution in [2.24, 2.45) is 0 Å². The molecule has 1 aromatic carbocycles. The lowest BCUT2D eigenvalue weighted by molar-refractivity contribution is 0.174. The molecule has 0 bridgehead atoms. The average molecular weight is 180 g/mol. The molecule has 1 aromatic rings. The summed E-state index contributed by atoms with van der Waals surface area (Å²) in [7, 11) is 0. The van der Waals surface area contributed by atoms with E-state index in [1.807, 2.05) is 18.2 Å². The molecule has 0 N–H and O–H groups in total. The summed E-state index contributed by atoms with van der Waals surface area (Å²) >= 11 is 4.76. The highest BCUT2D eigenvalue weighted by atomic mass is 32.1. The minimum absolute atomic E-state index is 0.330. The van der Waals surface area contributed by atoms with Gasteiger partial charge in [-0.1, -0.05) is 18.3 Å². The Kier molecular flexibility index (Phi) is 1.96. The molecule has 1 heterocycles. The fourth-order valence-corrected chi connectivity index (χ4v) is 1.36. The Morgan fingerprint density at radius 2 is 2.17 bits per heavy atom. The van der Waals surface area contributed by atoms with Crippen molar-refractivity contribution in [2.75, 3.05) is 6.79 Å². The molecule has 62 valence electrons. The van der Waals surface area contributed by atoms with Crippen molar-refractivity contribution < 1.29 is 9.47 Å². The molecule has 0 atom stereocenters. The first kappa shape index (κ1) is 7.55. The van der Waals surface area contributed by atoms with E-state index < -0.39 is 0 Å². The van der Waals surface area contributed by atoms with Crippen LogP contribution in [0.1, 0.15) is 5.56 Å². The zero-order chi connectivity index (χ0) is 8.39. The third-order valence-electron chi connectivity index (χ3n) is 1.76. The molecule has 12 heavy (non-hydrogen) atoms. The van der Waals surface area contributed by atoms with E-state index in [2.05, 4.69) is 0 Å². The number of rotatable bonds is 2. The van der Waals surface area contributed by atoms with Crippen LogP contribution in [0.4, 0.5) is 0 Å². The van der Waals surface area contributed by atoms with Crippen molar-refractivity contribution >= 4 is 17.6 Å². The molecule has 0 spiro atoms. The van der Waals surface area contributed by atoms with Crippen LogP contribution in [0.15, 0.2) is 18.2 Å². The summed E-state index contributed by atoms with van der Waals surface area (Å²) < 4.78 is 10.4. The SMILES string of the molecule is S=CCc1ccc2c(c1)OCO2. The molecule has 0 unspecified atom stereocenters. The Labute approximate surface area is 76.1 Å². The van der Waals surface area contributed by atoms with Crippen LogP contribution in [0.2, 0.25) is 0 Å². The highest BCUT2D eigenvalue weighted by Crippen LogP contribution is 2.32. The van der Waals surface area contributed by atoms with Crippen LogP contribution in [0.5, 0.6) is 11.5 Å². The van der Waals surface area contributed by atoms with Crippen molar-refractivity contribution in [1.82, 2.24) is 0 Å². The molecule has 2 nitrogen and oxygen atoms in total. The first-order valence-electron chi connectivity index (χ1n) is 3.72. The van der Waals surface area contributed by atoms with Gasteiger partial charge in [0.2, 0.25) is 6.79 Å². The Hall–Kier alpha value is -1.09. The van der Waals surface area contributed by atoms with Crippen LogP contribution >= 0.6 is 12.2 Å². The average Bonchev–Trinajstić information content (AvgIpc) is 2.51. The highest BCUT2D eigenvalue weighted by molar-refractivity contribution is 7.78. The van der Waals surface area contributed by atoms with Gasteiger partial charge in [0.15, 0.2) is 11.5 Å². The highest BCUT2D eigenvalue weighted by Gasteiger charge is 2.12. The second kappa shape index (κ2) is 3.11. The number of thiocarbonyl (C=S) groups is 1. The lowest BCUT2D eigenvalue weighted by Gasteiger charge is -1.98. The monoisotopic (exact) mass is 180 g/mol. The van der Waals surface area contributed by atoms with Gasteiger partial charge in [-0.15, -0.1) is 0 Å². The van der Waals surface area contributed by atoms with Gasteiger partial charge in [-0.3, -0.25) is 0 Å². The van der Waals surface area contributed by atoms with Gasteiger partial charge in [-0.2, -0.15) is 0 Å². The summed E-state index contributed by atoms with van der Waals surface area (Å²) in [5.41, 5.74) is 1.16. The van der Waals surface area contributed by atoms with Gasteiger partial charge in [0.05, 0.1) is 0 Å². The summed E-state index contributed by atoms with van der Waals surface area (Å²) in [5, 5.41) is 1.71. The van der Waals surface area contributed by atoms with E-state index >= 15 is 0 Å². The van der Waals surface area contributed by atoms with Gasteiger partial charge in [-0.25, -0.2) is 0 Å².